The van der Waals surface area contributed by atoms with E-state index in [9.17, 15) is 0 Å². The van der Waals surface area contributed by atoms with Gasteiger partial charge in [-0.05, 0) is 36.8 Å². The molecule has 0 fully saturated rings. The van der Waals surface area contributed by atoms with Gasteiger partial charge in [-0.2, -0.15) is 0 Å². The summed E-state index contributed by atoms with van der Waals surface area (Å²) >= 11 is 6.10. The SMILES string of the molecule is CCn1c(C2CNc3ccccc32)nc2cc(Cl)ccc21. The zero-order chi connectivity index (χ0) is 14.4. The number of hydrogen-bond donors (Lipinski definition) is 1. The highest BCUT2D eigenvalue weighted by molar-refractivity contribution is 6.31. The summed E-state index contributed by atoms with van der Waals surface area (Å²) in [5.74, 6) is 1.42. The van der Waals surface area contributed by atoms with Gasteiger partial charge in [0.1, 0.15) is 5.82 Å². The van der Waals surface area contributed by atoms with Crippen LogP contribution in [0.3, 0.4) is 0 Å². The molecule has 0 spiro atoms. The van der Waals surface area contributed by atoms with Crippen molar-refractivity contribution in [2.45, 2.75) is 19.4 Å². The quantitative estimate of drug-likeness (QED) is 0.765. The summed E-state index contributed by atoms with van der Waals surface area (Å²) < 4.78 is 2.29. The van der Waals surface area contributed by atoms with E-state index in [2.05, 4.69) is 47.1 Å². The van der Waals surface area contributed by atoms with Crippen LogP contribution in [0.1, 0.15) is 24.2 Å². The van der Waals surface area contributed by atoms with Gasteiger partial charge in [0.25, 0.3) is 0 Å². The number of para-hydroxylation sites is 1. The molecule has 0 radical (unpaired) electrons. The smallest absolute Gasteiger partial charge is 0.119 e. The minimum Gasteiger partial charge on any atom is -0.384 e. The first-order chi connectivity index (χ1) is 10.3. The first-order valence-corrected chi connectivity index (χ1v) is 7.64. The average Bonchev–Trinajstić information content (AvgIpc) is 3.06. The van der Waals surface area contributed by atoms with Gasteiger partial charge in [0.15, 0.2) is 0 Å². The molecule has 106 valence electrons. The van der Waals surface area contributed by atoms with Gasteiger partial charge in [0.05, 0.1) is 17.0 Å². The van der Waals surface area contributed by atoms with Crippen LogP contribution in [-0.2, 0) is 6.54 Å². The second kappa shape index (κ2) is 4.78. The predicted octanol–water partition coefficient (Wildman–Crippen LogP) is 4.27. The standard InChI is InChI=1S/C17H16ClN3/c1-2-21-16-8-7-11(18)9-15(16)20-17(21)13-10-19-14-6-4-3-5-12(13)14/h3-9,13,19H,2,10H2,1H3. The second-order valence-electron chi connectivity index (χ2n) is 5.37. The Balaban J connectivity index is 1.91. The van der Waals surface area contributed by atoms with Crippen molar-refractivity contribution in [2.75, 3.05) is 11.9 Å². The van der Waals surface area contributed by atoms with Gasteiger partial charge in [0.2, 0.25) is 0 Å². The highest BCUT2D eigenvalue weighted by Gasteiger charge is 2.27. The summed E-state index contributed by atoms with van der Waals surface area (Å²) in [7, 11) is 0. The van der Waals surface area contributed by atoms with E-state index in [1.165, 1.54) is 11.3 Å². The van der Waals surface area contributed by atoms with Gasteiger partial charge >= 0.3 is 0 Å². The number of halogens is 1. The van der Waals surface area contributed by atoms with Crippen LogP contribution in [0, 0.1) is 0 Å². The summed E-state index contributed by atoms with van der Waals surface area (Å²) in [6.45, 7) is 3.97. The molecule has 0 amide bonds. The molecule has 3 nitrogen and oxygen atoms in total. The van der Waals surface area contributed by atoms with E-state index < -0.39 is 0 Å². The fourth-order valence-electron chi connectivity index (χ4n) is 3.23. The summed E-state index contributed by atoms with van der Waals surface area (Å²) in [5.41, 5.74) is 4.67. The number of rotatable bonds is 2. The number of imidazole rings is 1. The molecule has 1 aromatic heterocycles. The molecule has 1 atom stereocenters. The van der Waals surface area contributed by atoms with Gasteiger partial charge in [0, 0.05) is 23.8 Å². The third kappa shape index (κ3) is 1.92. The van der Waals surface area contributed by atoms with Crippen LogP contribution in [0.5, 0.6) is 0 Å². The zero-order valence-corrected chi connectivity index (χ0v) is 12.6. The Labute approximate surface area is 128 Å². The topological polar surface area (TPSA) is 29.9 Å². The molecule has 1 aliphatic heterocycles. The Morgan fingerprint density at radius 1 is 1.29 bits per heavy atom. The number of benzene rings is 2. The molecule has 21 heavy (non-hydrogen) atoms. The molecule has 3 aromatic rings. The molecule has 1 aliphatic rings. The number of aryl methyl sites for hydroxylation is 1. The lowest BCUT2D eigenvalue weighted by Crippen LogP contribution is -2.11. The molecule has 1 N–H and O–H groups in total. The lowest BCUT2D eigenvalue weighted by Gasteiger charge is -2.12. The van der Waals surface area contributed by atoms with Crippen molar-refractivity contribution in [3.63, 3.8) is 0 Å². The van der Waals surface area contributed by atoms with Crippen LogP contribution in [0.4, 0.5) is 5.69 Å². The maximum Gasteiger partial charge on any atom is 0.119 e. The highest BCUT2D eigenvalue weighted by atomic mass is 35.5. The number of aromatic nitrogens is 2. The molecule has 4 rings (SSSR count). The van der Waals surface area contributed by atoms with Crippen molar-refractivity contribution in [2.24, 2.45) is 0 Å². The maximum absolute atomic E-state index is 6.10. The Morgan fingerprint density at radius 3 is 3.00 bits per heavy atom. The summed E-state index contributed by atoms with van der Waals surface area (Å²) in [6, 6.07) is 14.4. The zero-order valence-electron chi connectivity index (χ0n) is 11.8. The van der Waals surface area contributed by atoms with Crippen molar-refractivity contribution in [1.29, 1.82) is 0 Å². The number of nitrogens with zero attached hydrogens (tertiary/aromatic N) is 2. The monoisotopic (exact) mass is 297 g/mol. The van der Waals surface area contributed by atoms with Crippen LogP contribution in [-0.4, -0.2) is 16.1 Å². The van der Waals surface area contributed by atoms with Crippen LogP contribution in [0.15, 0.2) is 42.5 Å². The lowest BCUT2D eigenvalue weighted by molar-refractivity contribution is 0.683. The van der Waals surface area contributed by atoms with Crippen LogP contribution >= 0.6 is 11.6 Å². The Hall–Kier alpha value is -2.00. The largest absolute Gasteiger partial charge is 0.384 e. The molecule has 0 bridgehead atoms. The minimum atomic E-state index is 0.298. The first kappa shape index (κ1) is 12.7. The van der Waals surface area contributed by atoms with E-state index in [-0.39, 0.29) is 0 Å². The molecule has 0 aliphatic carbocycles. The van der Waals surface area contributed by atoms with E-state index in [4.69, 9.17) is 16.6 Å². The average molecular weight is 298 g/mol. The van der Waals surface area contributed by atoms with Crippen molar-refractivity contribution in [3.8, 4) is 0 Å². The van der Waals surface area contributed by atoms with Crippen molar-refractivity contribution in [3.05, 3.63) is 58.9 Å². The molecule has 2 heterocycles. The number of fused-ring (bicyclic) bond motifs is 2. The first-order valence-electron chi connectivity index (χ1n) is 7.26. The van der Waals surface area contributed by atoms with Crippen LogP contribution < -0.4 is 5.32 Å². The van der Waals surface area contributed by atoms with Gasteiger partial charge in [-0.3, -0.25) is 0 Å². The lowest BCUT2D eigenvalue weighted by atomic mass is 10.0. The van der Waals surface area contributed by atoms with Gasteiger partial charge in [-0.1, -0.05) is 29.8 Å². The molecule has 0 saturated carbocycles. The third-order valence-corrected chi connectivity index (χ3v) is 4.44. The van der Waals surface area contributed by atoms with Gasteiger partial charge in [-0.15, -0.1) is 0 Å². The summed E-state index contributed by atoms with van der Waals surface area (Å²) in [6.07, 6.45) is 0. The van der Waals surface area contributed by atoms with Crippen molar-refractivity contribution < 1.29 is 0 Å². The van der Waals surface area contributed by atoms with E-state index in [0.29, 0.717) is 5.92 Å². The number of nitrogens with one attached hydrogen (secondary N) is 1. The second-order valence-corrected chi connectivity index (χ2v) is 5.80. The van der Waals surface area contributed by atoms with Crippen molar-refractivity contribution >= 4 is 28.3 Å². The fraction of sp³-hybridized carbons (Fsp3) is 0.235. The van der Waals surface area contributed by atoms with E-state index in [0.717, 1.165) is 35.0 Å². The van der Waals surface area contributed by atoms with E-state index >= 15 is 0 Å². The number of hydrogen-bond acceptors (Lipinski definition) is 2. The molecule has 4 heteroatoms. The van der Waals surface area contributed by atoms with Crippen molar-refractivity contribution in [1.82, 2.24) is 9.55 Å². The summed E-state index contributed by atoms with van der Waals surface area (Å²) in [4.78, 5) is 4.86. The normalized spacial score (nSPS) is 17.0. The van der Waals surface area contributed by atoms with Gasteiger partial charge in [-0.25, -0.2) is 4.98 Å². The Morgan fingerprint density at radius 2 is 2.14 bits per heavy atom. The molecule has 0 saturated heterocycles. The Kier molecular flexibility index (Phi) is 2.89. The molecular formula is C17H16ClN3. The van der Waals surface area contributed by atoms with Crippen LogP contribution in [0.25, 0.3) is 11.0 Å². The highest BCUT2D eigenvalue weighted by Crippen LogP contribution is 2.36. The maximum atomic E-state index is 6.10. The predicted molar refractivity (Wildman–Crippen MR) is 87.2 cm³/mol. The van der Waals surface area contributed by atoms with E-state index in [1.54, 1.807) is 0 Å². The molecule has 1 unspecified atom stereocenters. The third-order valence-electron chi connectivity index (χ3n) is 4.20. The van der Waals surface area contributed by atoms with Crippen LogP contribution in [0.2, 0.25) is 5.02 Å². The minimum absolute atomic E-state index is 0.298. The molecule has 2 aromatic carbocycles. The molecular weight excluding hydrogens is 282 g/mol. The van der Waals surface area contributed by atoms with E-state index in [1.807, 2.05) is 12.1 Å². The Bertz CT molecular complexity index is 822. The summed E-state index contributed by atoms with van der Waals surface area (Å²) in [5, 5.41) is 4.21. The van der Waals surface area contributed by atoms with Gasteiger partial charge < -0.3 is 9.88 Å². The fourth-order valence-corrected chi connectivity index (χ4v) is 3.40. The number of anilines is 1.